The number of hydrogen-bond donors (Lipinski definition) is 0. The molecule has 1 fully saturated rings. The standard InChI is InChI=1S/C15H20ClN3/c1-4-15(6-7-15)9-19-13(11(3)16)18-12-10(2)5-8-17-14(12)19/h5,8,11H,4,6-7,9H2,1-3H3. The van der Waals surface area contributed by atoms with Crippen molar-refractivity contribution in [2.24, 2.45) is 5.41 Å². The van der Waals surface area contributed by atoms with E-state index in [2.05, 4.69) is 23.4 Å². The van der Waals surface area contributed by atoms with Crippen LogP contribution in [0.25, 0.3) is 11.2 Å². The van der Waals surface area contributed by atoms with Crippen molar-refractivity contribution in [1.82, 2.24) is 14.5 Å². The Labute approximate surface area is 119 Å². The van der Waals surface area contributed by atoms with Gasteiger partial charge in [0.05, 0.1) is 5.38 Å². The average molecular weight is 278 g/mol. The highest BCUT2D eigenvalue weighted by Crippen LogP contribution is 2.50. The Balaban J connectivity index is 2.14. The minimum Gasteiger partial charge on any atom is -0.311 e. The molecule has 1 saturated carbocycles. The molecule has 1 aliphatic rings. The van der Waals surface area contributed by atoms with Crippen LogP contribution in [-0.4, -0.2) is 14.5 Å². The second-order valence-electron chi connectivity index (χ2n) is 5.83. The third-order valence-electron chi connectivity index (χ3n) is 4.42. The summed E-state index contributed by atoms with van der Waals surface area (Å²) in [5.74, 6) is 0.957. The molecule has 102 valence electrons. The topological polar surface area (TPSA) is 30.7 Å². The minimum absolute atomic E-state index is 0.0822. The summed E-state index contributed by atoms with van der Waals surface area (Å²) in [5, 5.41) is -0.0822. The van der Waals surface area contributed by atoms with Crippen LogP contribution in [0.3, 0.4) is 0 Å². The number of fused-ring (bicyclic) bond motifs is 1. The van der Waals surface area contributed by atoms with Crippen molar-refractivity contribution in [3.8, 4) is 0 Å². The van der Waals surface area contributed by atoms with Crippen molar-refractivity contribution in [3.63, 3.8) is 0 Å². The second kappa shape index (κ2) is 4.48. The first-order valence-electron chi connectivity index (χ1n) is 7.02. The number of rotatable bonds is 4. The van der Waals surface area contributed by atoms with Gasteiger partial charge in [-0.3, -0.25) is 0 Å². The van der Waals surface area contributed by atoms with Gasteiger partial charge in [0, 0.05) is 12.7 Å². The molecule has 0 spiro atoms. The molecule has 0 radical (unpaired) electrons. The molecule has 1 atom stereocenters. The van der Waals surface area contributed by atoms with E-state index in [1.807, 2.05) is 19.2 Å². The van der Waals surface area contributed by atoms with Gasteiger partial charge in [0.15, 0.2) is 5.65 Å². The van der Waals surface area contributed by atoms with Gasteiger partial charge >= 0.3 is 0 Å². The maximum absolute atomic E-state index is 6.31. The number of alkyl halides is 1. The summed E-state index contributed by atoms with van der Waals surface area (Å²) in [6, 6.07) is 2.01. The summed E-state index contributed by atoms with van der Waals surface area (Å²) in [7, 11) is 0. The average Bonchev–Trinajstić information content (AvgIpc) is 3.06. The first-order chi connectivity index (χ1) is 9.06. The Hall–Kier alpha value is -1.09. The fourth-order valence-corrected chi connectivity index (χ4v) is 2.92. The highest BCUT2D eigenvalue weighted by atomic mass is 35.5. The lowest BCUT2D eigenvalue weighted by molar-refractivity contribution is 0.406. The Bertz CT molecular complexity index is 611. The van der Waals surface area contributed by atoms with Crippen molar-refractivity contribution >= 4 is 22.8 Å². The van der Waals surface area contributed by atoms with Crippen LogP contribution >= 0.6 is 11.6 Å². The van der Waals surface area contributed by atoms with Gasteiger partial charge < -0.3 is 4.57 Å². The van der Waals surface area contributed by atoms with E-state index < -0.39 is 0 Å². The number of aromatic nitrogens is 3. The van der Waals surface area contributed by atoms with E-state index in [0.29, 0.717) is 5.41 Å². The summed E-state index contributed by atoms with van der Waals surface area (Å²) in [6.45, 7) is 7.34. The summed E-state index contributed by atoms with van der Waals surface area (Å²) in [5.41, 5.74) is 3.61. The van der Waals surface area contributed by atoms with E-state index in [1.165, 1.54) is 24.8 Å². The van der Waals surface area contributed by atoms with Crippen LogP contribution in [0.2, 0.25) is 0 Å². The maximum atomic E-state index is 6.31. The van der Waals surface area contributed by atoms with Crippen molar-refractivity contribution < 1.29 is 0 Å². The first kappa shape index (κ1) is 12.9. The van der Waals surface area contributed by atoms with Crippen LogP contribution in [0.5, 0.6) is 0 Å². The lowest BCUT2D eigenvalue weighted by atomic mass is 10.0. The molecular formula is C15H20ClN3. The zero-order chi connectivity index (χ0) is 13.6. The largest absolute Gasteiger partial charge is 0.311 e. The van der Waals surface area contributed by atoms with Crippen LogP contribution in [0.4, 0.5) is 0 Å². The molecule has 0 N–H and O–H groups in total. The Morgan fingerprint density at radius 3 is 2.79 bits per heavy atom. The molecule has 0 aromatic carbocycles. The van der Waals surface area contributed by atoms with Crippen molar-refractivity contribution in [2.45, 2.75) is 52.0 Å². The zero-order valence-electron chi connectivity index (χ0n) is 11.8. The van der Waals surface area contributed by atoms with Gasteiger partial charge in [-0.1, -0.05) is 6.92 Å². The molecule has 1 aliphatic carbocycles. The predicted molar refractivity (Wildman–Crippen MR) is 78.5 cm³/mol. The summed E-state index contributed by atoms with van der Waals surface area (Å²) in [4.78, 5) is 9.26. The van der Waals surface area contributed by atoms with Gasteiger partial charge in [0.2, 0.25) is 0 Å². The molecule has 0 amide bonds. The molecule has 3 nitrogen and oxygen atoms in total. The van der Waals surface area contributed by atoms with Gasteiger partial charge in [-0.25, -0.2) is 9.97 Å². The van der Waals surface area contributed by atoms with E-state index in [4.69, 9.17) is 16.6 Å². The van der Waals surface area contributed by atoms with E-state index in [1.54, 1.807) is 0 Å². The third kappa shape index (κ3) is 2.14. The number of imidazole rings is 1. The smallest absolute Gasteiger partial charge is 0.160 e. The lowest BCUT2D eigenvalue weighted by Gasteiger charge is -2.16. The van der Waals surface area contributed by atoms with Gasteiger partial charge in [-0.2, -0.15) is 0 Å². The molecule has 3 rings (SSSR count). The summed E-state index contributed by atoms with van der Waals surface area (Å²) in [6.07, 6.45) is 5.70. The molecule has 0 aliphatic heterocycles. The highest BCUT2D eigenvalue weighted by Gasteiger charge is 2.42. The van der Waals surface area contributed by atoms with Crippen LogP contribution in [0.1, 0.15) is 49.9 Å². The molecule has 2 aromatic heterocycles. The molecule has 2 heterocycles. The Morgan fingerprint density at radius 1 is 1.47 bits per heavy atom. The van der Waals surface area contributed by atoms with Gasteiger partial charge in [0.1, 0.15) is 11.3 Å². The molecule has 1 unspecified atom stereocenters. The summed E-state index contributed by atoms with van der Waals surface area (Å²) < 4.78 is 2.25. The number of aryl methyl sites for hydroxylation is 1. The molecule has 19 heavy (non-hydrogen) atoms. The van der Waals surface area contributed by atoms with Crippen molar-refractivity contribution in [2.75, 3.05) is 0 Å². The summed E-state index contributed by atoms with van der Waals surface area (Å²) >= 11 is 6.31. The van der Waals surface area contributed by atoms with Crippen molar-refractivity contribution in [1.29, 1.82) is 0 Å². The molecular weight excluding hydrogens is 258 g/mol. The fourth-order valence-electron chi connectivity index (χ4n) is 2.75. The van der Waals surface area contributed by atoms with Crippen LogP contribution in [0.15, 0.2) is 12.3 Å². The Kier molecular flexibility index (Phi) is 3.05. The van der Waals surface area contributed by atoms with E-state index in [-0.39, 0.29) is 5.38 Å². The van der Waals surface area contributed by atoms with Gasteiger partial charge in [-0.15, -0.1) is 11.6 Å². The number of pyridine rings is 1. The predicted octanol–water partition coefficient (Wildman–Crippen LogP) is 4.23. The monoisotopic (exact) mass is 277 g/mol. The molecule has 2 aromatic rings. The SMILES string of the molecule is CCC1(Cn2c(C(C)Cl)nc3c(C)ccnc32)CC1. The van der Waals surface area contributed by atoms with Crippen LogP contribution in [0, 0.1) is 12.3 Å². The normalized spacial score (nSPS) is 18.7. The van der Waals surface area contributed by atoms with Gasteiger partial charge in [0.25, 0.3) is 0 Å². The van der Waals surface area contributed by atoms with Crippen molar-refractivity contribution in [3.05, 3.63) is 23.7 Å². The number of hydrogen-bond acceptors (Lipinski definition) is 2. The maximum Gasteiger partial charge on any atom is 0.160 e. The highest BCUT2D eigenvalue weighted by molar-refractivity contribution is 6.20. The quantitative estimate of drug-likeness (QED) is 0.783. The third-order valence-corrected chi connectivity index (χ3v) is 4.62. The Morgan fingerprint density at radius 2 is 2.21 bits per heavy atom. The molecule has 0 saturated heterocycles. The van der Waals surface area contributed by atoms with E-state index in [9.17, 15) is 0 Å². The van der Waals surface area contributed by atoms with Crippen LogP contribution in [-0.2, 0) is 6.54 Å². The second-order valence-corrected chi connectivity index (χ2v) is 6.48. The number of nitrogens with zero attached hydrogens (tertiary/aromatic N) is 3. The minimum atomic E-state index is -0.0822. The molecule has 0 bridgehead atoms. The van der Waals surface area contributed by atoms with Gasteiger partial charge in [-0.05, 0) is 50.2 Å². The van der Waals surface area contributed by atoms with E-state index in [0.717, 1.165) is 23.5 Å². The van der Waals surface area contributed by atoms with Crippen LogP contribution < -0.4 is 0 Å². The molecule has 4 heteroatoms. The number of halogens is 1. The first-order valence-corrected chi connectivity index (χ1v) is 7.46. The lowest BCUT2D eigenvalue weighted by Crippen LogP contribution is -2.14. The zero-order valence-corrected chi connectivity index (χ0v) is 12.5. The fraction of sp³-hybridized carbons (Fsp3) is 0.600. The van der Waals surface area contributed by atoms with E-state index >= 15 is 0 Å².